The Balaban J connectivity index is 2.56. The maximum absolute atomic E-state index is 13.6. The first kappa shape index (κ1) is 13.9. The molecule has 5 heteroatoms. The summed E-state index contributed by atoms with van der Waals surface area (Å²) in [7, 11) is 0. The van der Waals surface area contributed by atoms with Crippen LogP contribution in [0.15, 0.2) is 30.3 Å². The Kier molecular flexibility index (Phi) is 3.83. The lowest BCUT2D eigenvalue weighted by atomic mass is 9.99. The smallest absolute Gasteiger partial charge is 0.135 e. The average Bonchev–Trinajstić information content (AvgIpc) is 2.31. The quantitative estimate of drug-likeness (QED) is 0.879. The minimum absolute atomic E-state index is 0.172. The van der Waals surface area contributed by atoms with Gasteiger partial charge in [-0.15, -0.1) is 0 Å². The van der Waals surface area contributed by atoms with Crippen molar-refractivity contribution < 1.29 is 18.3 Å². The van der Waals surface area contributed by atoms with Crippen LogP contribution in [0.25, 0.3) is 0 Å². The molecule has 1 N–H and O–H groups in total. The normalized spacial score (nSPS) is 12.5. The van der Waals surface area contributed by atoms with E-state index in [2.05, 4.69) is 0 Å². The van der Waals surface area contributed by atoms with E-state index in [0.29, 0.717) is 17.7 Å². The minimum atomic E-state index is -1.59. The number of hydrogen-bond acceptors (Lipinski definition) is 1. The lowest BCUT2D eigenvalue weighted by molar-refractivity contribution is 0.208. The molecular formula is C14H10ClF3O. The van der Waals surface area contributed by atoms with Crippen molar-refractivity contribution in [1.82, 2.24) is 0 Å². The van der Waals surface area contributed by atoms with Crippen molar-refractivity contribution in [2.24, 2.45) is 0 Å². The van der Waals surface area contributed by atoms with Crippen LogP contribution in [-0.2, 0) is 0 Å². The van der Waals surface area contributed by atoms with E-state index in [1.165, 1.54) is 6.07 Å². The summed E-state index contributed by atoms with van der Waals surface area (Å²) in [5.74, 6) is -3.34. The Hall–Kier alpha value is -1.52. The molecule has 0 aromatic heterocycles. The van der Waals surface area contributed by atoms with Crippen LogP contribution < -0.4 is 0 Å². The second-order valence-electron chi connectivity index (χ2n) is 4.16. The van der Waals surface area contributed by atoms with Crippen LogP contribution in [-0.4, -0.2) is 5.11 Å². The number of aliphatic hydroxyl groups is 1. The molecule has 19 heavy (non-hydrogen) atoms. The van der Waals surface area contributed by atoms with E-state index in [-0.39, 0.29) is 10.6 Å². The second-order valence-corrected chi connectivity index (χ2v) is 4.54. The molecule has 0 fully saturated rings. The molecule has 0 aliphatic carbocycles. The number of aryl methyl sites for hydroxylation is 1. The fourth-order valence-corrected chi connectivity index (χ4v) is 2.08. The maximum Gasteiger partial charge on any atom is 0.135 e. The van der Waals surface area contributed by atoms with Crippen LogP contribution in [0.3, 0.4) is 0 Å². The van der Waals surface area contributed by atoms with Gasteiger partial charge in [0.05, 0.1) is 5.56 Å². The largest absolute Gasteiger partial charge is 0.383 e. The van der Waals surface area contributed by atoms with E-state index < -0.39 is 29.1 Å². The zero-order valence-corrected chi connectivity index (χ0v) is 10.7. The van der Waals surface area contributed by atoms with Crippen molar-refractivity contribution >= 4 is 11.6 Å². The highest BCUT2D eigenvalue weighted by Crippen LogP contribution is 2.33. The molecule has 2 rings (SSSR count). The van der Waals surface area contributed by atoms with Crippen molar-refractivity contribution in [1.29, 1.82) is 0 Å². The van der Waals surface area contributed by atoms with Gasteiger partial charge in [-0.2, -0.15) is 0 Å². The van der Waals surface area contributed by atoms with Crippen LogP contribution >= 0.6 is 11.6 Å². The van der Waals surface area contributed by atoms with Gasteiger partial charge in [0.2, 0.25) is 0 Å². The summed E-state index contributed by atoms with van der Waals surface area (Å²) >= 11 is 5.99. The molecule has 0 aliphatic rings. The van der Waals surface area contributed by atoms with Gasteiger partial charge >= 0.3 is 0 Å². The van der Waals surface area contributed by atoms with Gasteiger partial charge in [-0.25, -0.2) is 13.2 Å². The van der Waals surface area contributed by atoms with Crippen molar-refractivity contribution in [3.63, 3.8) is 0 Å². The van der Waals surface area contributed by atoms with Gasteiger partial charge in [-0.1, -0.05) is 29.8 Å². The monoisotopic (exact) mass is 286 g/mol. The highest BCUT2D eigenvalue weighted by Gasteiger charge is 2.23. The highest BCUT2D eigenvalue weighted by molar-refractivity contribution is 6.32. The third-order valence-corrected chi connectivity index (χ3v) is 3.35. The molecule has 0 radical (unpaired) electrons. The van der Waals surface area contributed by atoms with Crippen LogP contribution in [0, 0.1) is 24.4 Å². The standard InChI is InChI=1S/C14H10ClF3O/c1-7-3-2-4-9(13(7)15)14(19)12-10(17)5-8(16)6-11(12)18/h2-6,14,19H,1H3. The number of hydrogen-bond donors (Lipinski definition) is 1. The Morgan fingerprint density at radius 3 is 2.26 bits per heavy atom. The SMILES string of the molecule is Cc1cccc(C(O)c2c(F)cc(F)cc2F)c1Cl. The lowest BCUT2D eigenvalue weighted by Crippen LogP contribution is -2.07. The summed E-state index contributed by atoms with van der Waals surface area (Å²) in [6, 6.07) is 5.81. The zero-order chi connectivity index (χ0) is 14.2. The number of aliphatic hydroxyl groups excluding tert-OH is 1. The molecule has 1 nitrogen and oxygen atoms in total. The van der Waals surface area contributed by atoms with E-state index in [4.69, 9.17) is 11.6 Å². The van der Waals surface area contributed by atoms with Crippen molar-refractivity contribution in [3.05, 3.63) is 69.5 Å². The number of benzene rings is 2. The topological polar surface area (TPSA) is 20.2 Å². The molecule has 1 unspecified atom stereocenters. The number of rotatable bonds is 2. The molecule has 1 atom stereocenters. The fourth-order valence-electron chi connectivity index (χ4n) is 1.85. The van der Waals surface area contributed by atoms with Crippen LogP contribution in [0.4, 0.5) is 13.2 Å². The van der Waals surface area contributed by atoms with Gasteiger partial charge in [-0.3, -0.25) is 0 Å². The highest BCUT2D eigenvalue weighted by atomic mass is 35.5. The van der Waals surface area contributed by atoms with Gasteiger partial charge in [-0.05, 0) is 12.5 Å². The fraction of sp³-hybridized carbons (Fsp3) is 0.143. The molecule has 0 amide bonds. The van der Waals surface area contributed by atoms with Crippen molar-refractivity contribution in [2.75, 3.05) is 0 Å². The molecular weight excluding hydrogens is 277 g/mol. The maximum atomic E-state index is 13.6. The van der Waals surface area contributed by atoms with Gasteiger partial charge in [0.25, 0.3) is 0 Å². The third-order valence-electron chi connectivity index (χ3n) is 2.83. The first-order chi connectivity index (χ1) is 8.91. The average molecular weight is 287 g/mol. The molecule has 0 spiro atoms. The van der Waals surface area contributed by atoms with E-state index in [1.54, 1.807) is 19.1 Å². The summed E-state index contributed by atoms with van der Waals surface area (Å²) in [5, 5.41) is 10.3. The summed E-state index contributed by atoms with van der Waals surface area (Å²) in [5.41, 5.74) is 0.223. The minimum Gasteiger partial charge on any atom is -0.383 e. The Morgan fingerprint density at radius 2 is 1.68 bits per heavy atom. The molecule has 0 heterocycles. The molecule has 0 bridgehead atoms. The summed E-state index contributed by atoms with van der Waals surface area (Å²) in [6.45, 7) is 1.70. The van der Waals surface area contributed by atoms with Crippen LogP contribution in [0.1, 0.15) is 22.8 Å². The first-order valence-electron chi connectivity index (χ1n) is 5.49. The Bertz CT molecular complexity index is 605. The van der Waals surface area contributed by atoms with Crippen molar-refractivity contribution in [2.45, 2.75) is 13.0 Å². The molecule has 0 saturated heterocycles. The van der Waals surface area contributed by atoms with Gasteiger partial charge in [0.1, 0.15) is 23.6 Å². The van der Waals surface area contributed by atoms with Gasteiger partial charge < -0.3 is 5.11 Å². The van der Waals surface area contributed by atoms with Crippen LogP contribution in [0.5, 0.6) is 0 Å². The van der Waals surface area contributed by atoms with E-state index in [0.717, 1.165) is 0 Å². The van der Waals surface area contributed by atoms with Crippen LogP contribution in [0.2, 0.25) is 5.02 Å². The van der Waals surface area contributed by atoms with E-state index in [1.807, 2.05) is 0 Å². The Labute approximate surface area is 113 Å². The first-order valence-corrected chi connectivity index (χ1v) is 5.87. The van der Waals surface area contributed by atoms with Gasteiger partial charge in [0.15, 0.2) is 0 Å². The Morgan fingerprint density at radius 1 is 1.11 bits per heavy atom. The summed E-state index contributed by atoms with van der Waals surface area (Å²) in [4.78, 5) is 0. The molecule has 0 saturated carbocycles. The van der Waals surface area contributed by atoms with E-state index >= 15 is 0 Å². The molecule has 0 aliphatic heterocycles. The van der Waals surface area contributed by atoms with E-state index in [9.17, 15) is 18.3 Å². The predicted octanol–water partition coefficient (Wildman–Crippen LogP) is 4.15. The second kappa shape index (κ2) is 5.23. The molecule has 2 aromatic carbocycles. The lowest BCUT2D eigenvalue weighted by Gasteiger charge is -2.16. The molecule has 2 aromatic rings. The summed E-state index contributed by atoms with van der Waals surface area (Å²) < 4.78 is 40.0. The molecule has 100 valence electrons. The zero-order valence-electron chi connectivity index (χ0n) is 9.92. The number of halogens is 4. The predicted molar refractivity (Wildman–Crippen MR) is 66.6 cm³/mol. The van der Waals surface area contributed by atoms with Gasteiger partial charge in [0, 0.05) is 22.7 Å². The van der Waals surface area contributed by atoms with Crippen molar-refractivity contribution in [3.8, 4) is 0 Å². The third kappa shape index (κ3) is 2.60. The summed E-state index contributed by atoms with van der Waals surface area (Å²) in [6.07, 6.45) is -1.59.